The van der Waals surface area contributed by atoms with Crippen molar-refractivity contribution in [3.05, 3.63) is 31.2 Å². The number of aliphatic hydroxyl groups is 2. The van der Waals surface area contributed by atoms with E-state index < -0.39 is 69.4 Å². The molecule has 2 unspecified atom stereocenters. The predicted octanol–water partition coefficient (Wildman–Crippen LogP) is -0.233. The predicted molar refractivity (Wildman–Crippen MR) is 151 cm³/mol. The van der Waals surface area contributed by atoms with Crippen LogP contribution in [0, 0.1) is 0 Å². The fraction of sp³-hybridized carbons (Fsp3) is 0.450. The van der Waals surface area contributed by atoms with Crippen molar-refractivity contribution in [2.24, 2.45) is 0 Å². The Balaban J connectivity index is 1.26. The summed E-state index contributed by atoms with van der Waals surface area (Å²) in [4.78, 5) is 31.4. The number of nitrogens with two attached hydrogens (primary N) is 2. The summed E-state index contributed by atoms with van der Waals surface area (Å²) in [5.41, 5.74) is 10.3. The van der Waals surface area contributed by atoms with Gasteiger partial charge in [-0.1, -0.05) is 12.2 Å². The van der Waals surface area contributed by atoms with Crippen LogP contribution >= 0.6 is 25.8 Å². The topological polar surface area (TPSA) is 259 Å². The summed E-state index contributed by atoms with van der Waals surface area (Å²) in [5.74, 6) is 0.231. The molecule has 0 saturated carbocycles. The number of rotatable bonds is 2. The number of hydrogen-bond donors (Lipinski definition) is 6. The number of thiol groups is 1. The van der Waals surface area contributed by atoms with Crippen LogP contribution in [0.5, 0.6) is 0 Å². The lowest BCUT2D eigenvalue weighted by atomic mass is 10.1. The average molecular weight is 676 g/mol. The fourth-order valence-electron chi connectivity index (χ4n) is 5.22. The van der Waals surface area contributed by atoms with Crippen LogP contribution in [0.3, 0.4) is 0 Å². The highest BCUT2D eigenvalue weighted by Crippen LogP contribution is 2.60. The summed E-state index contributed by atoms with van der Waals surface area (Å²) >= 11 is 9.35. The van der Waals surface area contributed by atoms with Gasteiger partial charge in [-0.15, -0.1) is 0 Å². The number of aliphatic hydroxyl groups excluding tert-OH is 1. The third-order valence-corrected chi connectivity index (χ3v) is 10.3. The Bertz CT molecular complexity index is 1830. The van der Waals surface area contributed by atoms with Gasteiger partial charge < -0.3 is 45.1 Å². The van der Waals surface area contributed by atoms with E-state index in [-0.39, 0.29) is 22.8 Å². The third kappa shape index (κ3) is 4.94. The number of aromatic nitrogens is 7. The Labute approximate surface area is 251 Å². The van der Waals surface area contributed by atoms with E-state index in [1.807, 2.05) is 0 Å². The van der Waals surface area contributed by atoms with Gasteiger partial charge >= 0.3 is 13.5 Å². The second kappa shape index (κ2) is 10.3. The van der Waals surface area contributed by atoms with Crippen molar-refractivity contribution in [2.75, 3.05) is 24.7 Å². The van der Waals surface area contributed by atoms with E-state index in [1.54, 1.807) is 6.07 Å². The largest absolute Gasteiger partial charge is 0.389 e. The second-order valence-corrected chi connectivity index (χ2v) is 15.4. The number of fused-ring (bicyclic) bond motifs is 5. The molecule has 3 aliphatic rings. The molecule has 4 aromatic heterocycles. The minimum atomic E-state index is -4.50. The van der Waals surface area contributed by atoms with Crippen LogP contribution < -0.4 is 11.5 Å². The molecule has 9 atom stereocenters. The van der Waals surface area contributed by atoms with Gasteiger partial charge in [0.15, 0.2) is 29.7 Å². The number of imidazole rings is 1. The van der Waals surface area contributed by atoms with Crippen LogP contribution in [-0.2, 0) is 49.7 Å². The lowest BCUT2D eigenvalue weighted by molar-refractivity contribution is -0.139. The zero-order valence-electron chi connectivity index (χ0n) is 21.5. The van der Waals surface area contributed by atoms with Crippen molar-refractivity contribution >= 4 is 71.4 Å². The van der Waals surface area contributed by atoms with Gasteiger partial charge in [-0.25, -0.2) is 29.5 Å². The minimum Gasteiger partial charge on any atom is -0.385 e. The Morgan fingerprint density at radius 3 is 2.63 bits per heavy atom. The normalized spacial score (nSPS) is 38.6. The molecule has 7 rings (SSSR count). The van der Waals surface area contributed by atoms with Crippen molar-refractivity contribution in [3.8, 4) is 0 Å². The summed E-state index contributed by atoms with van der Waals surface area (Å²) in [6.07, 6.45) is -3.64. The van der Waals surface area contributed by atoms with E-state index >= 15 is 0 Å². The Hall–Kier alpha value is -2.36. The zero-order valence-corrected chi connectivity index (χ0v) is 25.0. The van der Waals surface area contributed by atoms with Gasteiger partial charge in [-0.05, 0) is 17.9 Å². The molecule has 23 heteroatoms. The highest BCUT2D eigenvalue weighted by molar-refractivity contribution is 8.44. The van der Waals surface area contributed by atoms with Gasteiger partial charge in [-0.2, -0.15) is 0 Å². The molecule has 7 N–H and O–H groups in total. The standard InChI is InChI=1S/C20H23N9O10P2S2/c21-14-8-1-2-28(16(8)25-5-23-14)18-12-11(30)19(36-18)39-41(33,43)38-13-9(3-35-40(32,42)37-12)34-4-20(13,31)29-7-27-10-15(22)24-6-26-17(10)29/h1-2,5-7,9,11-13,18-19,30-31H,3-4H2,(H,32,42)(H,33,43)(H2,21,23,25)(H2,22,24,26)/t9-,11+,12-,13-,18-,19-,20-,40?,41?/m1/s1. The lowest BCUT2D eigenvalue weighted by Crippen LogP contribution is -2.48. The van der Waals surface area contributed by atoms with Crippen LogP contribution in [0.25, 0.3) is 22.2 Å². The maximum atomic E-state index is 13.7. The molecule has 2 bridgehead atoms. The number of nitrogen functional groups attached to an aromatic ring is 2. The molecule has 3 fully saturated rings. The van der Waals surface area contributed by atoms with Crippen molar-refractivity contribution < 1.29 is 47.2 Å². The summed E-state index contributed by atoms with van der Waals surface area (Å²) in [5, 5.41) is 23.5. The quantitative estimate of drug-likeness (QED) is 0.118. The van der Waals surface area contributed by atoms with Gasteiger partial charge in [0.05, 0.1) is 24.9 Å². The van der Waals surface area contributed by atoms with Crippen molar-refractivity contribution in [1.29, 1.82) is 0 Å². The Morgan fingerprint density at radius 2 is 1.84 bits per heavy atom. The van der Waals surface area contributed by atoms with E-state index in [2.05, 4.69) is 37.2 Å². The number of nitrogens with zero attached hydrogens (tertiary/aromatic N) is 7. The van der Waals surface area contributed by atoms with Gasteiger partial charge in [-0.3, -0.25) is 18.1 Å². The molecule has 0 radical (unpaired) electrons. The van der Waals surface area contributed by atoms with Crippen molar-refractivity contribution in [2.45, 2.75) is 42.7 Å². The SMILES string of the molecule is Nc1ncnc2c1ccn2[C@@H]1O[C@@H]2OP(=O)(S)O[C@@H]3[C@@H](COP(O)(=S)O[C@@H]1[C@@H]2O)OC[C@]3(O)n1cnc2c(N)ncnc21. The zero-order chi connectivity index (χ0) is 30.3. The average Bonchev–Trinajstić information content (AvgIpc) is 3.70. The lowest BCUT2D eigenvalue weighted by Gasteiger charge is -2.34. The van der Waals surface area contributed by atoms with Crippen LogP contribution in [0.2, 0.25) is 0 Å². The Morgan fingerprint density at radius 1 is 1.09 bits per heavy atom. The minimum absolute atomic E-state index is 0.0492. The van der Waals surface area contributed by atoms with E-state index in [0.717, 1.165) is 0 Å². The third-order valence-electron chi connectivity index (χ3n) is 7.21. The van der Waals surface area contributed by atoms with Gasteiger partial charge in [0, 0.05) is 6.20 Å². The summed E-state index contributed by atoms with van der Waals surface area (Å²) in [7, 11) is 0. The first kappa shape index (κ1) is 29.4. The van der Waals surface area contributed by atoms with E-state index in [0.29, 0.717) is 11.0 Å². The Kier molecular flexibility index (Phi) is 7.06. The van der Waals surface area contributed by atoms with Crippen LogP contribution in [0.4, 0.5) is 11.6 Å². The molecule has 230 valence electrons. The number of hydrogen-bond acceptors (Lipinski definition) is 17. The van der Waals surface area contributed by atoms with Crippen molar-refractivity contribution in [1.82, 2.24) is 34.1 Å². The number of ether oxygens (including phenoxy) is 2. The smallest absolute Gasteiger partial charge is 0.385 e. The van der Waals surface area contributed by atoms with Crippen LogP contribution in [0.1, 0.15) is 6.23 Å². The summed E-state index contributed by atoms with van der Waals surface area (Å²) < 4.78 is 50.6. The second-order valence-electron chi connectivity index (χ2n) is 9.81. The maximum Gasteiger partial charge on any atom is 0.389 e. The van der Waals surface area contributed by atoms with E-state index in [9.17, 15) is 19.7 Å². The maximum absolute atomic E-state index is 13.7. The summed E-state index contributed by atoms with van der Waals surface area (Å²) in [6.45, 7) is -9.61. The highest BCUT2D eigenvalue weighted by Gasteiger charge is 2.57. The van der Waals surface area contributed by atoms with Crippen LogP contribution in [-0.4, -0.2) is 93.1 Å². The molecule has 19 nitrogen and oxygen atoms in total. The highest BCUT2D eigenvalue weighted by atomic mass is 32.7. The molecular formula is C20H23N9O10P2S2. The molecule has 3 saturated heterocycles. The molecule has 4 aromatic rings. The summed E-state index contributed by atoms with van der Waals surface area (Å²) in [6, 6.07) is 1.61. The van der Waals surface area contributed by atoms with Crippen LogP contribution in [0.15, 0.2) is 31.2 Å². The molecule has 0 aliphatic carbocycles. The van der Waals surface area contributed by atoms with Gasteiger partial charge in [0.1, 0.15) is 54.1 Å². The molecule has 3 aliphatic heterocycles. The monoisotopic (exact) mass is 675 g/mol. The first-order chi connectivity index (χ1) is 20.4. The fourth-order valence-corrected chi connectivity index (χ4v) is 8.29. The first-order valence-corrected chi connectivity index (χ1v) is 17.7. The van der Waals surface area contributed by atoms with E-state index in [1.165, 1.54) is 34.3 Å². The molecule has 7 heterocycles. The first-order valence-electron chi connectivity index (χ1n) is 12.4. The van der Waals surface area contributed by atoms with E-state index in [4.69, 9.17) is 50.8 Å². The molecule has 0 amide bonds. The molecule has 0 spiro atoms. The van der Waals surface area contributed by atoms with Crippen molar-refractivity contribution in [3.63, 3.8) is 0 Å². The van der Waals surface area contributed by atoms with Gasteiger partial charge in [0.2, 0.25) is 0 Å². The number of anilines is 2. The van der Waals surface area contributed by atoms with Gasteiger partial charge in [0.25, 0.3) is 0 Å². The molecule has 43 heavy (non-hydrogen) atoms. The molecule has 0 aromatic carbocycles. The molecular weight excluding hydrogens is 652 g/mol.